The number of nitrogens with one attached hydrogen (secondary N) is 2. The van der Waals surface area contributed by atoms with Gasteiger partial charge >= 0.3 is 0 Å². The highest BCUT2D eigenvalue weighted by molar-refractivity contribution is 14.0. The molecule has 1 heterocycles. The van der Waals surface area contributed by atoms with Crippen LogP contribution in [0.25, 0.3) is 0 Å². The van der Waals surface area contributed by atoms with E-state index < -0.39 is 0 Å². The third-order valence-corrected chi connectivity index (χ3v) is 4.80. The Morgan fingerprint density at radius 3 is 2.67 bits per heavy atom. The molecule has 27 heavy (non-hydrogen) atoms. The second-order valence-electron chi connectivity index (χ2n) is 6.85. The molecule has 1 aliphatic heterocycles. The zero-order valence-corrected chi connectivity index (χ0v) is 18.9. The van der Waals surface area contributed by atoms with Crippen LogP contribution in [0.3, 0.4) is 0 Å². The van der Waals surface area contributed by atoms with Gasteiger partial charge in [-0.15, -0.1) is 24.0 Å². The molecule has 0 aliphatic carbocycles. The lowest BCUT2D eigenvalue weighted by Gasteiger charge is -2.39. The molecule has 2 rings (SSSR count). The maximum atomic E-state index is 6.05. The van der Waals surface area contributed by atoms with Crippen LogP contribution in [0.5, 0.6) is 0 Å². The molecule has 1 aromatic carbocycles. The quantitative estimate of drug-likeness (QED) is 0.204. The number of guanidine groups is 1. The number of hydrogen-bond donors (Lipinski definition) is 3. The van der Waals surface area contributed by atoms with Crippen molar-refractivity contribution in [1.29, 1.82) is 0 Å². The lowest BCUT2D eigenvalue weighted by Crippen LogP contribution is -2.53. The van der Waals surface area contributed by atoms with Gasteiger partial charge in [-0.3, -0.25) is 4.99 Å². The Morgan fingerprint density at radius 2 is 2.00 bits per heavy atom. The minimum absolute atomic E-state index is 0. The zero-order chi connectivity index (χ0) is 18.7. The van der Waals surface area contributed by atoms with Gasteiger partial charge < -0.3 is 25.8 Å². The minimum atomic E-state index is -0.0782. The van der Waals surface area contributed by atoms with Crippen LogP contribution in [-0.4, -0.2) is 51.0 Å². The highest BCUT2D eigenvalue weighted by Crippen LogP contribution is 2.25. The molecule has 1 aromatic rings. The van der Waals surface area contributed by atoms with Crippen molar-refractivity contribution in [1.82, 2.24) is 10.6 Å². The van der Waals surface area contributed by atoms with Crippen LogP contribution >= 0.6 is 24.0 Å². The monoisotopic (exact) mass is 490 g/mol. The number of ether oxygens (including phenoxy) is 2. The van der Waals surface area contributed by atoms with Crippen LogP contribution in [0, 0.1) is 0 Å². The standard InChI is InChI=1S/C20H34N4O2.HI/c1-3-25-13-7-12-22-19(21)23-16-20(10-14-26-15-11-20)24-17(2)18-8-5-4-6-9-18;/h4-6,8-9,17,24H,3,7,10-16H2,1-2H3,(H3,21,22,23);1H. The summed E-state index contributed by atoms with van der Waals surface area (Å²) in [6.07, 6.45) is 2.79. The summed E-state index contributed by atoms with van der Waals surface area (Å²) in [4.78, 5) is 4.61. The van der Waals surface area contributed by atoms with Gasteiger partial charge in [0.05, 0.1) is 6.54 Å². The van der Waals surface area contributed by atoms with E-state index in [4.69, 9.17) is 15.2 Å². The van der Waals surface area contributed by atoms with Crippen molar-refractivity contribution in [2.24, 2.45) is 10.7 Å². The largest absolute Gasteiger partial charge is 0.382 e. The highest BCUT2D eigenvalue weighted by Gasteiger charge is 2.33. The van der Waals surface area contributed by atoms with Crippen molar-refractivity contribution < 1.29 is 9.47 Å². The number of benzene rings is 1. The molecule has 1 fully saturated rings. The number of rotatable bonds is 10. The van der Waals surface area contributed by atoms with Gasteiger partial charge in [0.1, 0.15) is 0 Å². The highest BCUT2D eigenvalue weighted by atomic mass is 127. The molecule has 0 spiro atoms. The van der Waals surface area contributed by atoms with E-state index in [-0.39, 0.29) is 35.6 Å². The second-order valence-corrected chi connectivity index (χ2v) is 6.85. The smallest absolute Gasteiger partial charge is 0.188 e. The Labute approximate surface area is 180 Å². The molecule has 1 saturated heterocycles. The van der Waals surface area contributed by atoms with E-state index in [0.717, 1.165) is 52.2 Å². The summed E-state index contributed by atoms with van der Waals surface area (Å²) in [5.74, 6) is 0.501. The van der Waals surface area contributed by atoms with Crippen molar-refractivity contribution in [3.05, 3.63) is 35.9 Å². The fraction of sp³-hybridized carbons (Fsp3) is 0.650. The van der Waals surface area contributed by atoms with E-state index in [9.17, 15) is 0 Å². The van der Waals surface area contributed by atoms with Crippen LogP contribution < -0.4 is 16.4 Å². The first-order chi connectivity index (χ1) is 12.7. The van der Waals surface area contributed by atoms with Gasteiger partial charge in [0.15, 0.2) is 5.96 Å². The van der Waals surface area contributed by atoms with Gasteiger partial charge in [-0.2, -0.15) is 0 Å². The van der Waals surface area contributed by atoms with Crippen LogP contribution in [0.1, 0.15) is 44.7 Å². The first-order valence-corrected chi connectivity index (χ1v) is 9.67. The predicted molar refractivity (Wildman–Crippen MR) is 122 cm³/mol. The van der Waals surface area contributed by atoms with Crippen LogP contribution in [0.2, 0.25) is 0 Å². The van der Waals surface area contributed by atoms with Gasteiger partial charge in [-0.05, 0) is 38.7 Å². The maximum absolute atomic E-state index is 6.05. The summed E-state index contributed by atoms with van der Waals surface area (Å²) in [5.41, 5.74) is 7.25. The number of halogens is 1. The van der Waals surface area contributed by atoms with Gasteiger partial charge in [-0.25, -0.2) is 0 Å². The van der Waals surface area contributed by atoms with E-state index in [1.807, 2.05) is 13.0 Å². The van der Waals surface area contributed by atoms with Crippen molar-refractivity contribution in [3.63, 3.8) is 0 Å². The average molecular weight is 490 g/mol. The van der Waals surface area contributed by atoms with Gasteiger partial charge in [0.2, 0.25) is 0 Å². The molecule has 4 N–H and O–H groups in total. The summed E-state index contributed by atoms with van der Waals surface area (Å²) in [7, 11) is 0. The number of nitrogens with two attached hydrogens (primary N) is 1. The number of hydrogen-bond acceptors (Lipinski definition) is 4. The van der Waals surface area contributed by atoms with Crippen molar-refractivity contribution in [3.8, 4) is 0 Å². The molecule has 0 radical (unpaired) electrons. The maximum Gasteiger partial charge on any atom is 0.188 e. The Kier molecular flexibility index (Phi) is 11.9. The summed E-state index contributed by atoms with van der Waals surface area (Å²) >= 11 is 0. The zero-order valence-electron chi connectivity index (χ0n) is 16.6. The summed E-state index contributed by atoms with van der Waals surface area (Å²) < 4.78 is 10.9. The lowest BCUT2D eigenvalue weighted by atomic mass is 9.88. The minimum Gasteiger partial charge on any atom is -0.382 e. The molecule has 6 nitrogen and oxygen atoms in total. The van der Waals surface area contributed by atoms with E-state index in [1.165, 1.54) is 5.56 Å². The molecule has 1 unspecified atom stereocenters. The van der Waals surface area contributed by atoms with Crippen molar-refractivity contribution in [2.75, 3.05) is 39.5 Å². The van der Waals surface area contributed by atoms with Crippen LogP contribution in [-0.2, 0) is 9.47 Å². The Balaban J connectivity index is 0.00000364. The SMILES string of the molecule is CCOCCCNC(N)=NCC1(NC(C)c2ccccc2)CCOCC1.I. The number of nitrogens with zero attached hydrogens (tertiary/aromatic N) is 1. The van der Waals surface area contributed by atoms with Crippen molar-refractivity contribution >= 4 is 29.9 Å². The van der Waals surface area contributed by atoms with E-state index >= 15 is 0 Å². The average Bonchev–Trinajstić information content (AvgIpc) is 2.68. The normalized spacial score (nSPS) is 17.8. The van der Waals surface area contributed by atoms with E-state index in [2.05, 4.69) is 46.8 Å². The topological polar surface area (TPSA) is 80.9 Å². The third-order valence-electron chi connectivity index (χ3n) is 4.80. The molecule has 0 aromatic heterocycles. The van der Waals surface area contributed by atoms with Crippen molar-refractivity contribution in [2.45, 2.75) is 44.7 Å². The summed E-state index contributed by atoms with van der Waals surface area (Å²) in [6.45, 7) is 8.63. The van der Waals surface area contributed by atoms with Gasteiger partial charge in [0, 0.05) is 44.6 Å². The van der Waals surface area contributed by atoms with Gasteiger partial charge in [-0.1, -0.05) is 30.3 Å². The second kappa shape index (κ2) is 13.3. The lowest BCUT2D eigenvalue weighted by molar-refractivity contribution is 0.0374. The first-order valence-electron chi connectivity index (χ1n) is 9.67. The molecule has 154 valence electrons. The first kappa shape index (κ1) is 24.1. The van der Waals surface area contributed by atoms with Gasteiger partial charge in [0.25, 0.3) is 0 Å². The fourth-order valence-electron chi connectivity index (χ4n) is 3.22. The molecule has 7 heteroatoms. The van der Waals surface area contributed by atoms with E-state index in [0.29, 0.717) is 12.5 Å². The Morgan fingerprint density at radius 1 is 1.30 bits per heavy atom. The molecular formula is C20H35IN4O2. The molecule has 1 aliphatic rings. The van der Waals surface area contributed by atoms with E-state index in [1.54, 1.807) is 0 Å². The Hall–Kier alpha value is -0.900. The molecule has 0 amide bonds. The molecule has 0 bridgehead atoms. The third kappa shape index (κ3) is 8.76. The Bertz CT molecular complexity index is 536. The molecule has 1 atom stereocenters. The number of aliphatic imine (C=N–C) groups is 1. The predicted octanol–water partition coefficient (Wildman–Crippen LogP) is 2.84. The molecular weight excluding hydrogens is 455 g/mol. The summed E-state index contributed by atoms with van der Waals surface area (Å²) in [5, 5.41) is 6.97. The molecule has 0 saturated carbocycles. The summed E-state index contributed by atoms with van der Waals surface area (Å²) in [6, 6.07) is 10.8. The van der Waals surface area contributed by atoms with Crippen LogP contribution in [0.4, 0.5) is 0 Å². The van der Waals surface area contributed by atoms with Crippen LogP contribution in [0.15, 0.2) is 35.3 Å². The fourth-order valence-corrected chi connectivity index (χ4v) is 3.22.